The molecule has 5 heteroatoms. The smallest absolute Gasteiger partial charge is 0.308 e. The maximum atomic E-state index is 12.5. The van der Waals surface area contributed by atoms with Gasteiger partial charge in [-0.05, 0) is 25.3 Å². The molecule has 2 aliphatic heterocycles. The van der Waals surface area contributed by atoms with Gasteiger partial charge in [0.2, 0.25) is 5.91 Å². The lowest BCUT2D eigenvalue weighted by Crippen LogP contribution is -2.47. The van der Waals surface area contributed by atoms with Crippen molar-refractivity contribution in [3.8, 4) is 0 Å². The molecule has 0 aromatic heterocycles. The van der Waals surface area contributed by atoms with Gasteiger partial charge in [-0.2, -0.15) is 0 Å². The van der Waals surface area contributed by atoms with E-state index in [1.165, 1.54) is 0 Å². The average Bonchev–Trinajstić information content (AvgIpc) is 3.03. The van der Waals surface area contributed by atoms with Gasteiger partial charge in [0.15, 0.2) is 0 Å². The number of benzene rings is 1. The lowest BCUT2D eigenvalue weighted by molar-refractivity contribution is -0.152. The van der Waals surface area contributed by atoms with E-state index in [4.69, 9.17) is 4.74 Å². The lowest BCUT2D eigenvalue weighted by Gasteiger charge is -2.41. The number of hydrogen-bond donors (Lipinski definition) is 1. The molecule has 2 fully saturated rings. The lowest BCUT2D eigenvalue weighted by atomic mass is 9.83. The predicted octanol–water partition coefficient (Wildman–Crippen LogP) is 2.40. The number of aryl methyl sites for hydroxylation is 1. The van der Waals surface area contributed by atoms with Gasteiger partial charge in [-0.15, -0.1) is 0 Å². The summed E-state index contributed by atoms with van der Waals surface area (Å²) in [5, 5.41) is 9.63. The summed E-state index contributed by atoms with van der Waals surface area (Å²) in [7, 11) is 0. The number of likely N-dealkylation sites (tertiary alicyclic amines) is 1. The number of carbonyl (C=O) groups excluding carboxylic acids is 1. The molecular formula is C18H23NO4. The minimum Gasteiger partial charge on any atom is -0.481 e. The van der Waals surface area contributed by atoms with Crippen molar-refractivity contribution >= 4 is 11.9 Å². The predicted molar refractivity (Wildman–Crippen MR) is 84.9 cm³/mol. The fraction of sp³-hybridized carbons (Fsp3) is 0.556. The Morgan fingerprint density at radius 2 is 2.04 bits per heavy atom. The zero-order valence-corrected chi connectivity index (χ0v) is 13.4. The number of aliphatic carboxylic acids is 1. The summed E-state index contributed by atoms with van der Waals surface area (Å²) < 4.78 is 5.41. The number of rotatable bonds is 4. The fourth-order valence-electron chi connectivity index (χ4n) is 3.61. The van der Waals surface area contributed by atoms with Crippen LogP contribution in [0.3, 0.4) is 0 Å². The molecule has 1 aromatic rings. The van der Waals surface area contributed by atoms with Crippen LogP contribution in [0.2, 0.25) is 0 Å². The van der Waals surface area contributed by atoms with Crippen molar-refractivity contribution in [1.29, 1.82) is 0 Å². The number of carboxylic acids is 1. The minimum absolute atomic E-state index is 0.0555. The Labute approximate surface area is 136 Å². The molecule has 3 rings (SSSR count). The topological polar surface area (TPSA) is 66.8 Å². The van der Waals surface area contributed by atoms with E-state index in [9.17, 15) is 14.7 Å². The maximum Gasteiger partial charge on any atom is 0.308 e. The van der Waals surface area contributed by atoms with E-state index in [-0.39, 0.29) is 11.9 Å². The van der Waals surface area contributed by atoms with Crippen LogP contribution in [0.25, 0.3) is 0 Å². The summed E-state index contributed by atoms with van der Waals surface area (Å²) in [4.78, 5) is 26.0. The number of carbonyl (C=O) groups is 2. The summed E-state index contributed by atoms with van der Waals surface area (Å²) in [5.74, 6) is -1.01. The third-order valence-electron chi connectivity index (χ3n) is 4.92. The van der Waals surface area contributed by atoms with Crippen LogP contribution in [0.15, 0.2) is 24.3 Å². The minimum atomic E-state index is -0.823. The van der Waals surface area contributed by atoms with Crippen molar-refractivity contribution < 1.29 is 19.4 Å². The van der Waals surface area contributed by atoms with Gasteiger partial charge in [0, 0.05) is 25.5 Å². The van der Waals surface area contributed by atoms with Gasteiger partial charge in [-0.3, -0.25) is 9.59 Å². The van der Waals surface area contributed by atoms with Gasteiger partial charge in [-0.1, -0.05) is 29.8 Å². The molecule has 0 unspecified atom stereocenters. The summed E-state index contributed by atoms with van der Waals surface area (Å²) in [6.45, 7) is 3.96. The van der Waals surface area contributed by atoms with Crippen LogP contribution >= 0.6 is 0 Å². The summed E-state index contributed by atoms with van der Waals surface area (Å²) in [6.07, 6.45) is 1.65. The highest BCUT2D eigenvalue weighted by atomic mass is 16.5. The van der Waals surface area contributed by atoms with E-state index >= 15 is 0 Å². The SMILES string of the molecule is Cc1ccc([C@@H]2[C@H](C(=O)O)CCC(=O)N2C[C@H]2CCOC2)cc1. The monoisotopic (exact) mass is 317 g/mol. The van der Waals surface area contributed by atoms with Gasteiger partial charge >= 0.3 is 5.97 Å². The summed E-state index contributed by atoms with van der Waals surface area (Å²) in [6, 6.07) is 7.48. The number of piperidine rings is 1. The molecule has 23 heavy (non-hydrogen) atoms. The first-order valence-electron chi connectivity index (χ1n) is 8.23. The Hall–Kier alpha value is -1.88. The number of carboxylic acid groups (broad SMARTS) is 1. The molecule has 0 aliphatic carbocycles. The third kappa shape index (κ3) is 3.39. The second-order valence-corrected chi connectivity index (χ2v) is 6.61. The molecule has 2 aliphatic rings. The van der Waals surface area contributed by atoms with E-state index in [1.54, 1.807) is 4.90 Å². The van der Waals surface area contributed by atoms with Crippen LogP contribution in [-0.2, 0) is 14.3 Å². The molecule has 0 radical (unpaired) electrons. The molecule has 5 nitrogen and oxygen atoms in total. The largest absolute Gasteiger partial charge is 0.481 e. The third-order valence-corrected chi connectivity index (χ3v) is 4.92. The molecule has 0 saturated carbocycles. The summed E-state index contributed by atoms with van der Waals surface area (Å²) >= 11 is 0. The zero-order valence-electron chi connectivity index (χ0n) is 13.4. The molecular weight excluding hydrogens is 294 g/mol. The molecule has 1 N–H and O–H groups in total. The van der Waals surface area contributed by atoms with Crippen molar-refractivity contribution in [2.75, 3.05) is 19.8 Å². The first-order chi connectivity index (χ1) is 11.1. The molecule has 0 spiro atoms. The maximum absolute atomic E-state index is 12.5. The molecule has 0 bridgehead atoms. The molecule has 2 saturated heterocycles. The van der Waals surface area contributed by atoms with E-state index < -0.39 is 11.9 Å². The molecule has 1 amide bonds. The summed E-state index contributed by atoms with van der Waals surface area (Å²) in [5.41, 5.74) is 2.04. The van der Waals surface area contributed by atoms with Crippen LogP contribution < -0.4 is 0 Å². The van der Waals surface area contributed by atoms with E-state index in [1.807, 2.05) is 31.2 Å². The Balaban J connectivity index is 1.91. The van der Waals surface area contributed by atoms with E-state index in [2.05, 4.69) is 0 Å². The van der Waals surface area contributed by atoms with Crippen molar-refractivity contribution in [3.05, 3.63) is 35.4 Å². The highest BCUT2D eigenvalue weighted by Gasteiger charge is 2.41. The Kier molecular flexibility index (Phi) is 4.66. The van der Waals surface area contributed by atoms with Crippen LogP contribution in [0.1, 0.15) is 36.4 Å². The van der Waals surface area contributed by atoms with Crippen molar-refractivity contribution in [2.45, 2.75) is 32.2 Å². The van der Waals surface area contributed by atoms with Crippen molar-refractivity contribution in [2.24, 2.45) is 11.8 Å². The van der Waals surface area contributed by atoms with Crippen molar-refractivity contribution in [3.63, 3.8) is 0 Å². The van der Waals surface area contributed by atoms with Gasteiger partial charge in [-0.25, -0.2) is 0 Å². The van der Waals surface area contributed by atoms with Gasteiger partial charge < -0.3 is 14.7 Å². The first kappa shape index (κ1) is 16.0. The zero-order chi connectivity index (χ0) is 16.4. The average molecular weight is 317 g/mol. The van der Waals surface area contributed by atoms with Gasteiger partial charge in [0.25, 0.3) is 0 Å². The number of nitrogens with zero attached hydrogens (tertiary/aromatic N) is 1. The Bertz CT molecular complexity index is 577. The molecule has 124 valence electrons. The quantitative estimate of drug-likeness (QED) is 0.926. The second kappa shape index (κ2) is 6.71. The standard InChI is InChI=1S/C18H23NO4/c1-12-2-4-14(5-3-12)17-15(18(21)22)6-7-16(20)19(17)10-13-8-9-23-11-13/h2-5,13,15,17H,6-11H2,1H3,(H,21,22)/t13-,15-,17-/m1/s1. The number of amides is 1. The van der Waals surface area contributed by atoms with Crippen LogP contribution in [0.4, 0.5) is 0 Å². The molecule has 2 heterocycles. The van der Waals surface area contributed by atoms with Crippen LogP contribution in [-0.4, -0.2) is 41.6 Å². The highest BCUT2D eigenvalue weighted by molar-refractivity contribution is 5.81. The van der Waals surface area contributed by atoms with E-state index in [0.29, 0.717) is 31.9 Å². The van der Waals surface area contributed by atoms with Gasteiger partial charge in [0.1, 0.15) is 0 Å². The van der Waals surface area contributed by atoms with Crippen LogP contribution in [0, 0.1) is 18.8 Å². The molecule has 1 aromatic carbocycles. The number of ether oxygens (including phenoxy) is 1. The fourth-order valence-corrected chi connectivity index (χ4v) is 3.61. The Morgan fingerprint density at radius 3 is 2.65 bits per heavy atom. The normalized spacial score (nSPS) is 28.1. The first-order valence-corrected chi connectivity index (χ1v) is 8.23. The van der Waals surface area contributed by atoms with Crippen LogP contribution in [0.5, 0.6) is 0 Å². The number of hydrogen-bond acceptors (Lipinski definition) is 3. The molecule has 3 atom stereocenters. The Morgan fingerprint density at radius 1 is 1.30 bits per heavy atom. The second-order valence-electron chi connectivity index (χ2n) is 6.61. The van der Waals surface area contributed by atoms with E-state index in [0.717, 1.165) is 24.2 Å². The van der Waals surface area contributed by atoms with Gasteiger partial charge in [0.05, 0.1) is 18.6 Å². The van der Waals surface area contributed by atoms with Crippen molar-refractivity contribution in [1.82, 2.24) is 4.90 Å². The highest BCUT2D eigenvalue weighted by Crippen LogP contribution is 2.38.